The van der Waals surface area contributed by atoms with Crippen molar-refractivity contribution < 1.29 is 4.79 Å². The van der Waals surface area contributed by atoms with Gasteiger partial charge in [-0.15, -0.1) is 0 Å². The van der Waals surface area contributed by atoms with Crippen LogP contribution in [0.5, 0.6) is 0 Å². The van der Waals surface area contributed by atoms with Crippen molar-refractivity contribution in [3.8, 4) is 0 Å². The molecule has 0 saturated heterocycles. The SMILES string of the molecule is CCCc1cc(C)[nH]c(=O)c1CNC(=O)c1cc(C=C2CC2)cc2c1c(C)cn2C(C)C. The molecule has 1 aliphatic carbocycles. The van der Waals surface area contributed by atoms with Gasteiger partial charge in [0, 0.05) is 46.5 Å². The van der Waals surface area contributed by atoms with Crippen molar-refractivity contribution in [3.05, 3.63) is 73.8 Å². The van der Waals surface area contributed by atoms with Crippen LogP contribution in [0.2, 0.25) is 0 Å². The summed E-state index contributed by atoms with van der Waals surface area (Å²) in [5.41, 5.74) is 7.72. The van der Waals surface area contributed by atoms with E-state index in [0.717, 1.165) is 59.0 Å². The maximum atomic E-state index is 13.4. The average molecular weight is 432 g/mol. The van der Waals surface area contributed by atoms with E-state index in [1.54, 1.807) is 0 Å². The minimum absolute atomic E-state index is 0.117. The molecule has 0 unspecified atom stereocenters. The highest BCUT2D eigenvalue weighted by Gasteiger charge is 2.20. The van der Waals surface area contributed by atoms with Crippen molar-refractivity contribution in [2.24, 2.45) is 0 Å². The standard InChI is InChI=1S/C27H33N3O2/c1-6-7-21-10-18(5)29-27(32)23(21)14-28-26(31)22-12-20(11-19-8-9-19)13-24-25(22)17(4)15-30(24)16(2)3/h10-13,15-16H,6-9,14H2,1-5H3,(H,28,31)(H,29,32). The number of benzene rings is 1. The summed E-state index contributed by atoms with van der Waals surface area (Å²) < 4.78 is 2.24. The zero-order chi connectivity index (χ0) is 23.0. The number of aromatic amines is 1. The van der Waals surface area contributed by atoms with E-state index in [2.05, 4.69) is 60.9 Å². The van der Waals surface area contributed by atoms with Gasteiger partial charge < -0.3 is 14.9 Å². The third-order valence-electron chi connectivity index (χ3n) is 6.16. The maximum absolute atomic E-state index is 13.4. The lowest BCUT2D eigenvalue weighted by Crippen LogP contribution is -2.28. The Kier molecular flexibility index (Phi) is 6.09. The first-order valence-electron chi connectivity index (χ1n) is 11.6. The summed E-state index contributed by atoms with van der Waals surface area (Å²) in [4.78, 5) is 28.9. The zero-order valence-corrected chi connectivity index (χ0v) is 19.8. The molecule has 1 saturated carbocycles. The molecule has 1 amide bonds. The van der Waals surface area contributed by atoms with Crippen LogP contribution in [-0.4, -0.2) is 15.5 Å². The van der Waals surface area contributed by atoms with Gasteiger partial charge >= 0.3 is 0 Å². The fourth-order valence-electron chi connectivity index (χ4n) is 4.49. The number of amides is 1. The van der Waals surface area contributed by atoms with E-state index < -0.39 is 0 Å². The lowest BCUT2D eigenvalue weighted by Gasteiger charge is -2.13. The first-order chi connectivity index (χ1) is 15.3. The second kappa shape index (κ2) is 8.81. The van der Waals surface area contributed by atoms with Gasteiger partial charge in [-0.05, 0) is 81.8 Å². The second-order valence-electron chi connectivity index (χ2n) is 9.30. The zero-order valence-electron chi connectivity index (χ0n) is 19.8. The van der Waals surface area contributed by atoms with E-state index in [-0.39, 0.29) is 18.0 Å². The number of aromatic nitrogens is 2. The van der Waals surface area contributed by atoms with E-state index in [9.17, 15) is 9.59 Å². The molecular formula is C27H33N3O2. The smallest absolute Gasteiger partial charge is 0.253 e. The molecule has 0 radical (unpaired) electrons. The van der Waals surface area contributed by atoms with Crippen molar-refractivity contribution in [2.75, 3.05) is 0 Å². The van der Waals surface area contributed by atoms with Crippen LogP contribution in [0.1, 0.15) is 84.4 Å². The maximum Gasteiger partial charge on any atom is 0.253 e. The number of carbonyl (C=O) groups excluding carboxylic acids is 1. The van der Waals surface area contributed by atoms with Gasteiger partial charge in [-0.25, -0.2) is 0 Å². The molecule has 3 aromatic rings. The third-order valence-corrected chi connectivity index (χ3v) is 6.16. The Morgan fingerprint density at radius 3 is 2.62 bits per heavy atom. The van der Waals surface area contributed by atoms with Gasteiger partial charge in [0.2, 0.25) is 0 Å². The van der Waals surface area contributed by atoms with Crippen LogP contribution < -0.4 is 10.9 Å². The molecule has 2 N–H and O–H groups in total. The van der Waals surface area contributed by atoms with Crippen LogP contribution in [0.4, 0.5) is 0 Å². The van der Waals surface area contributed by atoms with Gasteiger partial charge in [-0.2, -0.15) is 0 Å². The van der Waals surface area contributed by atoms with Crippen molar-refractivity contribution in [3.63, 3.8) is 0 Å². The summed E-state index contributed by atoms with van der Waals surface area (Å²) in [6, 6.07) is 6.50. The number of fused-ring (bicyclic) bond motifs is 1. The van der Waals surface area contributed by atoms with Crippen LogP contribution in [0.15, 0.2) is 34.8 Å². The number of pyridine rings is 1. The van der Waals surface area contributed by atoms with E-state index in [4.69, 9.17) is 0 Å². The van der Waals surface area contributed by atoms with Crippen LogP contribution >= 0.6 is 0 Å². The number of allylic oxidation sites excluding steroid dienone is 1. The average Bonchev–Trinajstić information content (AvgIpc) is 3.47. The van der Waals surface area contributed by atoms with Gasteiger partial charge in [-0.1, -0.05) is 25.0 Å². The van der Waals surface area contributed by atoms with E-state index in [0.29, 0.717) is 17.2 Å². The van der Waals surface area contributed by atoms with Crippen LogP contribution in [0.3, 0.4) is 0 Å². The third kappa shape index (κ3) is 4.43. The van der Waals surface area contributed by atoms with Crippen molar-refractivity contribution >= 4 is 22.9 Å². The minimum Gasteiger partial charge on any atom is -0.348 e. The predicted molar refractivity (Wildman–Crippen MR) is 131 cm³/mol. The highest BCUT2D eigenvalue weighted by atomic mass is 16.1. The molecule has 32 heavy (non-hydrogen) atoms. The number of carbonyl (C=O) groups is 1. The Labute approximate surface area is 189 Å². The Balaban J connectivity index is 1.73. The monoisotopic (exact) mass is 431 g/mol. The molecule has 1 fully saturated rings. The fourth-order valence-corrected chi connectivity index (χ4v) is 4.49. The lowest BCUT2D eigenvalue weighted by molar-refractivity contribution is 0.0952. The summed E-state index contributed by atoms with van der Waals surface area (Å²) in [7, 11) is 0. The number of rotatable bonds is 7. The molecule has 4 rings (SSSR count). The summed E-state index contributed by atoms with van der Waals surface area (Å²) in [6.07, 6.45) is 8.38. The first-order valence-corrected chi connectivity index (χ1v) is 11.6. The predicted octanol–water partition coefficient (Wildman–Crippen LogP) is 5.59. The number of hydrogen-bond acceptors (Lipinski definition) is 2. The molecule has 5 heteroatoms. The molecule has 2 heterocycles. The molecule has 1 aliphatic rings. The molecule has 0 atom stereocenters. The Bertz CT molecular complexity index is 1270. The number of nitrogens with zero attached hydrogens (tertiary/aromatic N) is 1. The number of hydrogen-bond donors (Lipinski definition) is 2. The fraction of sp³-hybridized carbons (Fsp3) is 0.407. The molecule has 0 bridgehead atoms. The Hall–Kier alpha value is -3.08. The molecule has 168 valence electrons. The first kappa shape index (κ1) is 22.1. The summed E-state index contributed by atoms with van der Waals surface area (Å²) >= 11 is 0. The van der Waals surface area contributed by atoms with Crippen LogP contribution in [-0.2, 0) is 13.0 Å². The van der Waals surface area contributed by atoms with Crippen LogP contribution in [0, 0.1) is 13.8 Å². The van der Waals surface area contributed by atoms with Gasteiger partial charge in [0.15, 0.2) is 0 Å². The number of nitrogens with one attached hydrogen (secondary N) is 2. The topological polar surface area (TPSA) is 66.9 Å². The van der Waals surface area contributed by atoms with Gasteiger partial charge in [0.1, 0.15) is 0 Å². The van der Waals surface area contributed by atoms with Crippen molar-refractivity contribution in [1.29, 1.82) is 0 Å². The summed E-state index contributed by atoms with van der Waals surface area (Å²) in [5, 5.41) is 4.03. The quantitative estimate of drug-likeness (QED) is 0.512. The molecule has 0 spiro atoms. The molecule has 2 aromatic heterocycles. The Morgan fingerprint density at radius 1 is 1.22 bits per heavy atom. The normalized spacial score (nSPS) is 13.1. The largest absolute Gasteiger partial charge is 0.348 e. The summed E-state index contributed by atoms with van der Waals surface area (Å²) in [5.74, 6) is -0.141. The van der Waals surface area contributed by atoms with E-state index in [1.165, 1.54) is 5.57 Å². The van der Waals surface area contributed by atoms with Crippen LogP contribution in [0.25, 0.3) is 17.0 Å². The number of H-pyrrole nitrogens is 1. The lowest BCUT2D eigenvalue weighted by atomic mass is 10.0. The van der Waals surface area contributed by atoms with Gasteiger partial charge in [0.05, 0.1) is 0 Å². The van der Waals surface area contributed by atoms with Gasteiger partial charge in [-0.3, -0.25) is 9.59 Å². The molecule has 1 aromatic carbocycles. The molecule has 5 nitrogen and oxygen atoms in total. The highest BCUT2D eigenvalue weighted by Crippen LogP contribution is 2.34. The number of aryl methyl sites for hydroxylation is 3. The van der Waals surface area contributed by atoms with Gasteiger partial charge in [0.25, 0.3) is 11.5 Å². The molecular weight excluding hydrogens is 398 g/mol. The van der Waals surface area contributed by atoms with E-state index in [1.807, 2.05) is 19.1 Å². The second-order valence-corrected chi connectivity index (χ2v) is 9.30. The summed E-state index contributed by atoms with van der Waals surface area (Å²) in [6.45, 7) is 10.6. The van der Waals surface area contributed by atoms with Crippen molar-refractivity contribution in [2.45, 2.75) is 72.9 Å². The Morgan fingerprint density at radius 2 is 1.97 bits per heavy atom. The van der Waals surface area contributed by atoms with E-state index >= 15 is 0 Å². The molecule has 0 aliphatic heterocycles. The van der Waals surface area contributed by atoms with Crippen molar-refractivity contribution in [1.82, 2.24) is 14.9 Å². The highest BCUT2D eigenvalue weighted by molar-refractivity contribution is 6.08. The minimum atomic E-state index is -0.141.